The van der Waals surface area contributed by atoms with Crippen LogP contribution in [0.15, 0.2) is 36.4 Å². The molecule has 0 bridgehead atoms. The molecule has 0 aliphatic carbocycles. The molecular formula is C18H17Cl2FN2O. The highest BCUT2D eigenvalue weighted by atomic mass is 35.5. The van der Waals surface area contributed by atoms with E-state index in [9.17, 15) is 9.18 Å². The Morgan fingerprint density at radius 1 is 1.04 bits per heavy atom. The monoisotopic (exact) mass is 366 g/mol. The molecule has 0 spiro atoms. The van der Waals surface area contributed by atoms with Crippen molar-refractivity contribution in [3.8, 4) is 0 Å². The number of anilines is 2. The van der Waals surface area contributed by atoms with Gasteiger partial charge in [0, 0.05) is 13.1 Å². The van der Waals surface area contributed by atoms with Gasteiger partial charge in [-0.2, -0.15) is 0 Å². The molecule has 1 N–H and O–H groups in total. The van der Waals surface area contributed by atoms with Crippen LogP contribution in [0.4, 0.5) is 15.8 Å². The van der Waals surface area contributed by atoms with Gasteiger partial charge in [-0.1, -0.05) is 35.3 Å². The summed E-state index contributed by atoms with van der Waals surface area (Å²) in [5.74, 6) is -1.13. The molecule has 6 heteroatoms. The minimum absolute atomic E-state index is 0.0620. The van der Waals surface area contributed by atoms with Crippen LogP contribution in [0.25, 0.3) is 0 Å². The molecule has 3 rings (SSSR count). The second kappa shape index (κ2) is 7.41. The highest BCUT2D eigenvalue weighted by Gasteiger charge is 2.18. The number of carbonyl (C=O) groups is 1. The Morgan fingerprint density at radius 3 is 2.50 bits per heavy atom. The highest BCUT2D eigenvalue weighted by molar-refractivity contribution is 6.37. The second-order valence-electron chi connectivity index (χ2n) is 5.77. The third kappa shape index (κ3) is 3.65. The minimum atomic E-state index is -0.671. The first kappa shape index (κ1) is 17.1. The van der Waals surface area contributed by atoms with E-state index in [1.165, 1.54) is 12.5 Å². The Hall–Kier alpha value is -1.78. The van der Waals surface area contributed by atoms with Gasteiger partial charge in [0.25, 0.3) is 5.91 Å². The number of piperidine rings is 1. The molecule has 24 heavy (non-hydrogen) atoms. The van der Waals surface area contributed by atoms with Crippen LogP contribution >= 0.6 is 23.2 Å². The number of hydrogen-bond donors (Lipinski definition) is 1. The van der Waals surface area contributed by atoms with Crippen molar-refractivity contribution in [2.24, 2.45) is 0 Å². The third-order valence-corrected chi connectivity index (χ3v) is 4.71. The molecule has 126 valence electrons. The normalized spacial score (nSPS) is 14.5. The molecular weight excluding hydrogens is 350 g/mol. The van der Waals surface area contributed by atoms with E-state index in [0.29, 0.717) is 5.69 Å². The highest BCUT2D eigenvalue weighted by Crippen LogP contribution is 2.30. The first-order chi connectivity index (χ1) is 11.6. The van der Waals surface area contributed by atoms with Crippen LogP contribution in [0.2, 0.25) is 10.0 Å². The van der Waals surface area contributed by atoms with Crippen LogP contribution in [-0.2, 0) is 0 Å². The van der Waals surface area contributed by atoms with E-state index >= 15 is 0 Å². The summed E-state index contributed by atoms with van der Waals surface area (Å²) in [4.78, 5) is 14.8. The summed E-state index contributed by atoms with van der Waals surface area (Å²) >= 11 is 11.7. The average molecular weight is 367 g/mol. The maximum atomic E-state index is 13.6. The van der Waals surface area contributed by atoms with E-state index in [0.717, 1.165) is 37.7 Å². The van der Waals surface area contributed by atoms with Gasteiger partial charge in [0.2, 0.25) is 0 Å². The Kier molecular flexibility index (Phi) is 5.27. The zero-order chi connectivity index (χ0) is 17.1. The summed E-state index contributed by atoms with van der Waals surface area (Å²) < 4.78 is 13.6. The SMILES string of the molecule is O=C(Nc1ccccc1N1CCCCC1)c1cc(F)c(Cl)cc1Cl. The zero-order valence-corrected chi connectivity index (χ0v) is 14.5. The van der Waals surface area contributed by atoms with Crippen LogP contribution in [0.5, 0.6) is 0 Å². The van der Waals surface area contributed by atoms with E-state index in [4.69, 9.17) is 23.2 Å². The van der Waals surface area contributed by atoms with Crippen molar-refractivity contribution in [1.82, 2.24) is 0 Å². The molecule has 0 aromatic heterocycles. The predicted molar refractivity (Wildman–Crippen MR) is 96.9 cm³/mol. The summed E-state index contributed by atoms with van der Waals surface area (Å²) in [7, 11) is 0. The summed E-state index contributed by atoms with van der Waals surface area (Å²) in [6.45, 7) is 1.92. The molecule has 1 fully saturated rings. The number of carbonyl (C=O) groups excluding carboxylic acids is 1. The van der Waals surface area contributed by atoms with E-state index in [2.05, 4.69) is 10.2 Å². The lowest BCUT2D eigenvalue weighted by molar-refractivity contribution is 0.102. The molecule has 3 nitrogen and oxygen atoms in total. The molecule has 1 aliphatic heterocycles. The number of rotatable bonds is 3. The van der Waals surface area contributed by atoms with Gasteiger partial charge < -0.3 is 10.2 Å². The quantitative estimate of drug-likeness (QED) is 0.740. The second-order valence-corrected chi connectivity index (χ2v) is 6.58. The fourth-order valence-electron chi connectivity index (χ4n) is 2.88. The standard InChI is InChI=1S/C18H17Cl2FN2O/c19-13-11-14(20)15(21)10-12(13)18(24)22-16-6-2-3-7-17(16)23-8-4-1-5-9-23/h2-3,6-7,10-11H,1,4-5,8-9H2,(H,22,24). The minimum Gasteiger partial charge on any atom is -0.370 e. The van der Waals surface area contributed by atoms with Gasteiger partial charge in [-0.15, -0.1) is 0 Å². The molecule has 0 unspecified atom stereocenters. The lowest BCUT2D eigenvalue weighted by atomic mass is 10.1. The fourth-order valence-corrected chi connectivity index (χ4v) is 3.35. The Balaban J connectivity index is 1.86. The number of nitrogens with one attached hydrogen (secondary N) is 1. The fraction of sp³-hybridized carbons (Fsp3) is 0.278. The number of amides is 1. The van der Waals surface area contributed by atoms with E-state index in [1.807, 2.05) is 24.3 Å². The number of nitrogens with zero attached hydrogens (tertiary/aromatic N) is 1. The largest absolute Gasteiger partial charge is 0.370 e. The van der Waals surface area contributed by atoms with E-state index < -0.39 is 11.7 Å². The van der Waals surface area contributed by atoms with Crippen LogP contribution in [0.1, 0.15) is 29.6 Å². The van der Waals surface area contributed by atoms with Crippen molar-refractivity contribution in [2.75, 3.05) is 23.3 Å². The zero-order valence-electron chi connectivity index (χ0n) is 13.0. The number of hydrogen-bond acceptors (Lipinski definition) is 2. The predicted octanol–water partition coefficient (Wildman–Crippen LogP) is 5.38. The maximum Gasteiger partial charge on any atom is 0.257 e. The van der Waals surface area contributed by atoms with Crippen LogP contribution < -0.4 is 10.2 Å². The molecule has 1 aliphatic rings. The van der Waals surface area contributed by atoms with Gasteiger partial charge in [0.05, 0.1) is 27.0 Å². The van der Waals surface area contributed by atoms with Gasteiger partial charge in [0.1, 0.15) is 5.82 Å². The maximum absolute atomic E-state index is 13.6. The number of benzene rings is 2. The van der Waals surface area contributed by atoms with Gasteiger partial charge in [-0.05, 0) is 43.5 Å². The Labute approximate surface area is 150 Å². The van der Waals surface area contributed by atoms with E-state index in [-0.39, 0.29) is 15.6 Å². The van der Waals surface area contributed by atoms with Crippen molar-refractivity contribution in [1.29, 1.82) is 0 Å². The lowest BCUT2D eigenvalue weighted by Gasteiger charge is -2.30. The number of halogens is 3. The van der Waals surface area contributed by atoms with Crippen molar-refractivity contribution in [2.45, 2.75) is 19.3 Å². The van der Waals surface area contributed by atoms with Crippen LogP contribution in [0, 0.1) is 5.82 Å². The third-order valence-electron chi connectivity index (χ3n) is 4.10. The first-order valence-corrected chi connectivity index (χ1v) is 8.62. The van der Waals surface area contributed by atoms with Crippen LogP contribution in [0.3, 0.4) is 0 Å². The van der Waals surface area contributed by atoms with Crippen molar-refractivity contribution in [3.63, 3.8) is 0 Å². The molecule has 2 aromatic rings. The van der Waals surface area contributed by atoms with Gasteiger partial charge >= 0.3 is 0 Å². The van der Waals surface area contributed by atoms with Crippen molar-refractivity contribution >= 4 is 40.5 Å². The topological polar surface area (TPSA) is 32.3 Å². The molecule has 0 atom stereocenters. The van der Waals surface area contributed by atoms with Crippen molar-refractivity contribution in [3.05, 3.63) is 57.8 Å². The first-order valence-electron chi connectivity index (χ1n) is 7.86. The summed E-state index contributed by atoms with van der Waals surface area (Å²) in [5, 5.41) is 2.85. The molecule has 1 amide bonds. The van der Waals surface area contributed by atoms with Gasteiger partial charge in [-0.25, -0.2) is 4.39 Å². The summed E-state index contributed by atoms with van der Waals surface area (Å²) in [6, 6.07) is 9.90. The summed E-state index contributed by atoms with van der Waals surface area (Å²) in [5.41, 5.74) is 1.72. The van der Waals surface area contributed by atoms with E-state index in [1.54, 1.807) is 0 Å². The Bertz CT molecular complexity index is 761. The number of para-hydroxylation sites is 2. The smallest absolute Gasteiger partial charge is 0.257 e. The summed E-state index contributed by atoms with van der Waals surface area (Å²) in [6.07, 6.45) is 3.50. The molecule has 1 saturated heterocycles. The molecule has 0 radical (unpaired) electrons. The van der Waals surface area contributed by atoms with Crippen molar-refractivity contribution < 1.29 is 9.18 Å². The lowest BCUT2D eigenvalue weighted by Crippen LogP contribution is -2.30. The van der Waals surface area contributed by atoms with Gasteiger partial charge in [0.15, 0.2) is 0 Å². The van der Waals surface area contributed by atoms with Crippen LogP contribution in [-0.4, -0.2) is 19.0 Å². The van der Waals surface area contributed by atoms with Gasteiger partial charge in [-0.3, -0.25) is 4.79 Å². The average Bonchev–Trinajstić information content (AvgIpc) is 2.59. The Morgan fingerprint density at radius 2 is 1.75 bits per heavy atom. The molecule has 2 aromatic carbocycles. The molecule has 0 saturated carbocycles. The molecule has 1 heterocycles.